The van der Waals surface area contributed by atoms with Gasteiger partial charge in [0, 0.05) is 0 Å². The summed E-state index contributed by atoms with van der Waals surface area (Å²) in [4.78, 5) is 3.71. The first-order valence-electron chi connectivity index (χ1n) is 4.59. The largest absolute Gasteiger partial charge is 0.367 e. The van der Waals surface area contributed by atoms with E-state index in [0.29, 0.717) is 0 Å². The SMILES string of the molecule is CC(C)(C)S(=O)(=O)CCn1cnc(N)n1. The minimum absolute atomic E-state index is 0.0410. The molecule has 6 nitrogen and oxygen atoms in total. The number of sulfone groups is 1. The average Bonchev–Trinajstić information content (AvgIpc) is 2.46. The van der Waals surface area contributed by atoms with Crippen LogP contribution in [0.3, 0.4) is 0 Å². The lowest BCUT2D eigenvalue weighted by molar-refractivity contribution is 0.548. The molecule has 0 saturated carbocycles. The number of hydrogen-bond acceptors (Lipinski definition) is 5. The van der Waals surface area contributed by atoms with Crippen molar-refractivity contribution in [2.24, 2.45) is 0 Å². The van der Waals surface area contributed by atoms with E-state index in [4.69, 9.17) is 5.73 Å². The molecular formula is C8H16N4O2S. The van der Waals surface area contributed by atoms with E-state index in [2.05, 4.69) is 10.1 Å². The lowest BCUT2D eigenvalue weighted by Crippen LogP contribution is -2.32. The predicted molar refractivity (Wildman–Crippen MR) is 58.0 cm³/mol. The van der Waals surface area contributed by atoms with Crippen molar-refractivity contribution >= 4 is 15.8 Å². The molecule has 15 heavy (non-hydrogen) atoms. The van der Waals surface area contributed by atoms with Crippen molar-refractivity contribution in [1.82, 2.24) is 14.8 Å². The zero-order valence-corrected chi connectivity index (χ0v) is 9.95. The van der Waals surface area contributed by atoms with E-state index < -0.39 is 14.6 Å². The summed E-state index contributed by atoms with van der Waals surface area (Å²) in [5.41, 5.74) is 5.31. The molecule has 86 valence electrons. The zero-order valence-electron chi connectivity index (χ0n) is 9.14. The molecule has 1 aromatic heterocycles. The number of rotatable bonds is 3. The Morgan fingerprint density at radius 1 is 1.47 bits per heavy atom. The molecule has 0 saturated heterocycles. The lowest BCUT2D eigenvalue weighted by atomic mass is 10.3. The van der Waals surface area contributed by atoms with E-state index >= 15 is 0 Å². The molecule has 0 amide bonds. The van der Waals surface area contributed by atoms with Gasteiger partial charge in [0.2, 0.25) is 5.95 Å². The molecule has 1 aromatic rings. The third-order valence-corrected chi connectivity index (χ3v) is 4.66. The molecule has 7 heteroatoms. The highest BCUT2D eigenvalue weighted by atomic mass is 32.2. The third kappa shape index (κ3) is 2.92. The van der Waals surface area contributed by atoms with E-state index in [1.807, 2.05) is 0 Å². The highest BCUT2D eigenvalue weighted by Gasteiger charge is 2.28. The normalized spacial score (nSPS) is 13.0. The fourth-order valence-electron chi connectivity index (χ4n) is 0.937. The molecule has 1 heterocycles. The van der Waals surface area contributed by atoms with E-state index in [0.717, 1.165) is 0 Å². The van der Waals surface area contributed by atoms with Crippen molar-refractivity contribution in [3.05, 3.63) is 6.33 Å². The van der Waals surface area contributed by atoms with Gasteiger partial charge in [-0.2, -0.15) is 0 Å². The van der Waals surface area contributed by atoms with Crippen molar-refractivity contribution in [2.45, 2.75) is 32.1 Å². The average molecular weight is 232 g/mol. The van der Waals surface area contributed by atoms with Gasteiger partial charge in [0.15, 0.2) is 9.84 Å². The standard InChI is InChI=1S/C8H16N4O2S/c1-8(2,3)15(13,14)5-4-12-6-10-7(9)11-12/h6H,4-5H2,1-3H3,(H2,9,11). The Morgan fingerprint density at radius 3 is 2.47 bits per heavy atom. The lowest BCUT2D eigenvalue weighted by Gasteiger charge is -2.18. The van der Waals surface area contributed by atoms with Crippen LogP contribution in [-0.4, -0.2) is 33.7 Å². The van der Waals surface area contributed by atoms with Gasteiger partial charge in [0.25, 0.3) is 0 Å². The molecule has 0 radical (unpaired) electrons. The van der Waals surface area contributed by atoms with Gasteiger partial charge in [0.1, 0.15) is 6.33 Å². The molecule has 0 unspecified atom stereocenters. The molecule has 0 aliphatic heterocycles. The number of aryl methyl sites for hydroxylation is 1. The summed E-state index contributed by atoms with van der Waals surface area (Å²) in [6.07, 6.45) is 1.42. The third-order valence-electron chi connectivity index (χ3n) is 2.08. The molecule has 0 aliphatic rings. The topological polar surface area (TPSA) is 90.9 Å². The van der Waals surface area contributed by atoms with Gasteiger partial charge in [-0.05, 0) is 20.8 Å². The fraction of sp³-hybridized carbons (Fsp3) is 0.750. The summed E-state index contributed by atoms with van der Waals surface area (Å²) in [6, 6.07) is 0. The maximum absolute atomic E-state index is 11.7. The summed E-state index contributed by atoms with van der Waals surface area (Å²) in [7, 11) is -3.12. The molecule has 0 aliphatic carbocycles. The van der Waals surface area contributed by atoms with Gasteiger partial charge in [-0.3, -0.25) is 0 Å². The van der Waals surface area contributed by atoms with Gasteiger partial charge in [0.05, 0.1) is 17.0 Å². The number of nitrogen functional groups attached to an aromatic ring is 1. The summed E-state index contributed by atoms with van der Waals surface area (Å²) in [5, 5.41) is 3.81. The van der Waals surface area contributed by atoms with Gasteiger partial charge in [-0.15, -0.1) is 5.10 Å². The maximum Gasteiger partial charge on any atom is 0.239 e. The Balaban J connectivity index is 2.66. The number of nitrogens with zero attached hydrogens (tertiary/aromatic N) is 3. The van der Waals surface area contributed by atoms with E-state index in [9.17, 15) is 8.42 Å². The summed E-state index contributed by atoms with van der Waals surface area (Å²) < 4.78 is 24.2. The molecule has 0 bridgehead atoms. The van der Waals surface area contributed by atoms with Crippen LogP contribution in [0.25, 0.3) is 0 Å². The molecule has 2 N–H and O–H groups in total. The Hall–Kier alpha value is -1.11. The Bertz CT molecular complexity index is 430. The van der Waals surface area contributed by atoms with E-state index in [-0.39, 0.29) is 18.2 Å². The number of hydrogen-bond donors (Lipinski definition) is 1. The van der Waals surface area contributed by atoms with Crippen molar-refractivity contribution < 1.29 is 8.42 Å². The van der Waals surface area contributed by atoms with Crippen LogP contribution >= 0.6 is 0 Å². The van der Waals surface area contributed by atoms with Gasteiger partial charge < -0.3 is 5.73 Å². The highest BCUT2D eigenvalue weighted by Crippen LogP contribution is 2.15. The van der Waals surface area contributed by atoms with Crippen LogP contribution < -0.4 is 5.73 Å². The Labute approximate surface area is 89.4 Å². The van der Waals surface area contributed by atoms with Crippen molar-refractivity contribution in [1.29, 1.82) is 0 Å². The minimum Gasteiger partial charge on any atom is -0.367 e. The number of anilines is 1. The Morgan fingerprint density at radius 2 is 2.07 bits per heavy atom. The molecule has 0 fully saturated rings. The van der Waals surface area contributed by atoms with Crippen molar-refractivity contribution in [2.75, 3.05) is 11.5 Å². The van der Waals surface area contributed by atoms with Crippen LogP contribution in [-0.2, 0) is 16.4 Å². The molecule has 1 rings (SSSR count). The highest BCUT2D eigenvalue weighted by molar-refractivity contribution is 7.92. The molecule has 0 aromatic carbocycles. The van der Waals surface area contributed by atoms with Crippen molar-refractivity contribution in [3.63, 3.8) is 0 Å². The predicted octanol–water partition coefficient (Wildman–Crippen LogP) is 0.0736. The van der Waals surface area contributed by atoms with E-state index in [1.165, 1.54) is 11.0 Å². The summed E-state index contributed by atoms with van der Waals surface area (Å²) in [6.45, 7) is 5.32. The summed E-state index contributed by atoms with van der Waals surface area (Å²) in [5.74, 6) is 0.197. The smallest absolute Gasteiger partial charge is 0.239 e. The Kier molecular flexibility index (Phi) is 3.03. The van der Waals surface area contributed by atoms with Crippen LogP contribution in [0.2, 0.25) is 0 Å². The van der Waals surface area contributed by atoms with Gasteiger partial charge in [-0.25, -0.2) is 18.1 Å². The van der Waals surface area contributed by atoms with Crippen LogP contribution in [0, 0.1) is 0 Å². The minimum atomic E-state index is -3.12. The van der Waals surface area contributed by atoms with Crippen LogP contribution in [0.15, 0.2) is 6.33 Å². The quantitative estimate of drug-likeness (QED) is 0.796. The maximum atomic E-state index is 11.7. The van der Waals surface area contributed by atoms with Crippen LogP contribution in [0.4, 0.5) is 5.95 Å². The molecule has 0 atom stereocenters. The first-order valence-corrected chi connectivity index (χ1v) is 6.25. The second-order valence-electron chi connectivity index (χ2n) is 4.30. The first-order chi connectivity index (χ1) is 6.72. The zero-order chi connectivity index (χ0) is 11.7. The fourth-order valence-corrected chi connectivity index (χ4v) is 1.98. The second-order valence-corrected chi connectivity index (χ2v) is 7.16. The van der Waals surface area contributed by atoms with Crippen LogP contribution in [0.5, 0.6) is 0 Å². The van der Waals surface area contributed by atoms with E-state index in [1.54, 1.807) is 20.8 Å². The summed E-state index contributed by atoms with van der Waals surface area (Å²) >= 11 is 0. The number of aromatic nitrogens is 3. The first kappa shape index (κ1) is 12.0. The molecular weight excluding hydrogens is 216 g/mol. The van der Waals surface area contributed by atoms with Gasteiger partial charge in [-0.1, -0.05) is 0 Å². The number of nitrogens with two attached hydrogens (primary N) is 1. The van der Waals surface area contributed by atoms with Gasteiger partial charge >= 0.3 is 0 Å². The van der Waals surface area contributed by atoms with Crippen molar-refractivity contribution in [3.8, 4) is 0 Å². The monoisotopic (exact) mass is 232 g/mol. The molecule has 0 spiro atoms. The van der Waals surface area contributed by atoms with Crippen LogP contribution in [0.1, 0.15) is 20.8 Å². The second kappa shape index (κ2) is 3.80.